The molecule has 1 aliphatic heterocycles. The summed E-state index contributed by atoms with van der Waals surface area (Å²) in [6.07, 6.45) is 4.73. The van der Waals surface area contributed by atoms with Crippen molar-refractivity contribution in [2.24, 2.45) is 5.92 Å². The van der Waals surface area contributed by atoms with Crippen molar-refractivity contribution in [1.29, 1.82) is 5.26 Å². The maximum Gasteiger partial charge on any atom is 0.257 e. The van der Waals surface area contributed by atoms with E-state index in [1.54, 1.807) is 11.0 Å². The van der Waals surface area contributed by atoms with Gasteiger partial charge in [-0.25, -0.2) is 0 Å². The molecule has 0 spiro atoms. The predicted octanol–water partition coefficient (Wildman–Crippen LogP) is 1.66. The van der Waals surface area contributed by atoms with E-state index in [1.807, 2.05) is 0 Å². The highest BCUT2D eigenvalue weighted by atomic mass is 16.3. The molecular weight excluding hydrogens is 192 g/mol. The van der Waals surface area contributed by atoms with Gasteiger partial charge < -0.3 is 9.32 Å². The van der Waals surface area contributed by atoms with Gasteiger partial charge in [0.15, 0.2) is 0 Å². The zero-order valence-electron chi connectivity index (χ0n) is 8.35. The van der Waals surface area contributed by atoms with Crippen molar-refractivity contribution in [2.45, 2.75) is 12.8 Å². The van der Waals surface area contributed by atoms with Crippen LogP contribution in [0.2, 0.25) is 0 Å². The topological polar surface area (TPSA) is 57.2 Å². The van der Waals surface area contributed by atoms with Crippen LogP contribution in [-0.2, 0) is 0 Å². The van der Waals surface area contributed by atoms with E-state index in [4.69, 9.17) is 9.68 Å². The quantitative estimate of drug-likeness (QED) is 0.699. The lowest BCUT2D eigenvalue weighted by Gasteiger charge is -2.29. The van der Waals surface area contributed by atoms with E-state index in [-0.39, 0.29) is 11.8 Å². The predicted molar refractivity (Wildman–Crippen MR) is 52.9 cm³/mol. The van der Waals surface area contributed by atoms with Gasteiger partial charge in [0, 0.05) is 13.1 Å². The summed E-state index contributed by atoms with van der Waals surface area (Å²) in [6, 6.07) is 3.87. The first-order chi connectivity index (χ1) is 7.31. The van der Waals surface area contributed by atoms with Gasteiger partial charge in [-0.05, 0) is 18.9 Å². The maximum atomic E-state index is 11.9. The second kappa shape index (κ2) is 4.18. The Morgan fingerprint density at radius 1 is 1.67 bits per heavy atom. The summed E-state index contributed by atoms with van der Waals surface area (Å²) in [6.45, 7) is 1.28. The highest BCUT2D eigenvalue weighted by Gasteiger charge is 2.24. The largest absolute Gasteiger partial charge is 0.472 e. The first kappa shape index (κ1) is 9.78. The van der Waals surface area contributed by atoms with Crippen LogP contribution in [-0.4, -0.2) is 23.9 Å². The number of amides is 1. The Balaban J connectivity index is 2.05. The van der Waals surface area contributed by atoms with Crippen molar-refractivity contribution in [1.82, 2.24) is 4.90 Å². The molecule has 0 saturated carbocycles. The number of hydrogen-bond donors (Lipinski definition) is 0. The van der Waals surface area contributed by atoms with Crippen molar-refractivity contribution in [3.63, 3.8) is 0 Å². The summed E-state index contributed by atoms with van der Waals surface area (Å²) in [7, 11) is 0. The molecule has 1 aromatic heterocycles. The van der Waals surface area contributed by atoms with Crippen LogP contribution in [0.25, 0.3) is 0 Å². The number of carbonyl (C=O) groups excluding carboxylic acids is 1. The molecule has 0 N–H and O–H groups in total. The van der Waals surface area contributed by atoms with Gasteiger partial charge in [0.1, 0.15) is 6.26 Å². The summed E-state index contributed by atoms with van der Waals surface area (Å²) in [5.41, 5.74) is 0.564. The lowest BCUT2D eigenvalue weighted by Crippen LogP contribution is -2.39. The number of nitriles is 1. The van der Waals surface area contributed by atoms with E-state index in [9.17, 15) is 4.79 Å². The average Bonchev–Trinajstić information content (AvgIpc) is 2.81. The van der Waals surface area contributed by atoms with Crippen LogP contribution in [0, 0.1) is 17.2 Å². The lowest BCUT2D eigenvalue weighted by molar-refractivity contribution is 0.0698. The molecule has 15 heavy (non-hydrogen) atoms. The Labute approximate surface area is 88.1 Å². The van der Waals surface area contributed by atoms with E-state index < -0.39 is 0 Å². The van der Waals surface area contributed by atoms with Crippen LogP contribution in [0.1, 0.15) is 23.2 Å². The highest BCUT2D eigenvalue weighted by molar-refractivity contribution is 5.93. The van der Waals surface area contributed by atoms with Crippen molar-refractivity contribution >= 4 is 5.91 Å². The minimum absolute atomic E-state index is 0.0189. The molecule has 0 bridgehead atoms. The third-order valence-electron chi connectivity index (χ3n) is 2.66. The Bertz CT molecular complexity index is 378. The fraction of sp³-hybridized carbons (Fsp3) is 0.455. The average molecular weight is 204 g/mol. The molecular formula is C11H12N2O2. The lowest BCUT2D eigenvalue weighted by atomic mass is 9.99. The number of piperidine rings is 1. The molecule has 0 radical (unpaired) electrons. The van der Waals surface area contributed by atoms with E-state index in [2.05, 4.69) is 6.07 Å². The molecule has 1 aliphatic rings. The molecule has 1 fully saturated rings. The first-order valence-corrected chi connectivity index (χ1v) is 5.02. The van der Waals surface area contributed by atoms with E-state index in [0.717, 1.165) is 19.4 Å². The molecule has 4 heteroatoms. The minimum atomic E-state index is -0.0382. The fourth-order valence-corrected chi connectivity index (χ4v) is 1.84. The van der Waals surface area contributed by atoms with Crippen molar-refractivity contribution in [3.8, 4) is 6.07 Å². The molecule has 0 aromatic carbocycles. The third kappa shape index (κ3) is 2.01. The second-order valence-corrected chi connectivity index (χ2v) is 3.73. The van der Waals surface area contributed by atoms with E-state index in [0.29, 0.717) is 12.1 Å². The summed E-state index contributed by atoms with van der Waals surface area (Å²) in [5, 5.41) is 8.81. The number of rotatable bonds is 1. The molecule has 2 rings (SSSR count). The van der Waals surface area contributed by atoms with Crippen molar-refractivity contribution in [3.05, 3.63) is 24.2 Å². The Morgan fingerprint density at radius 3 is 3.20 bits per heavy atom. The van der Waals surface area contributed by atoms with Crippen LogP contribution in [0.4, 0.5) is 0 Å². The number of carbonyl (C=O) groups is 1. The van der Waals surface area contributed by atoms with Gasteiger partial charge in [-0.15, -0.1) is 0 Å². The van der Waals surface area contributed by atoms with Crippen LogP contribution in [0.5, 0.6) is 0 Å². The van der Waals surface area contributed by atoms with Gasteiger partial charge in [0.2, 0.25) is 0 Å². The molecule has 0 aliphatic carbocycles. The van der Waals surface area contributed by atoms with Crippen molar-refractivity contribution in [2.75, 3.05) is 13.1 Å². The molecule has 4 nitrogen and oxygen atoms in total. The SMILES string of the molecule is N#CC1CCCN(C(=O)c2ccoc2)C1. The van der Waals surface area contributed by atoms with E-state index >= 15 is 0 Å². The normalized spacial score (nSPS) is 21.0. The van der Waals surface area contributed by atoms with Gasteiger partial charge in [-0.1, -0.05) is 0 Å². The van der Waals surface area contributed by atoms with Gasteiger partial charge in [0.25, 0.3) is 5.91 Å². The fourth-order valence-electron chi connectivity index (χ4n) is 1.84. The smallest absolute Gasteiger partial charge is 0.257 e. The van der Waals surface area contributed by atoms with E-state index in [1.165, 1.54) is 12.5 Å². The second-order valence-electron chi connectivity index (χ2n) is 3.73. The number of nitrogens with zero attached hydrogens (tertiary/aromatic N) is 2. The zero-order chi connectivity index (χ0) is 10.7. The molecule has 78 valence electrons. The molecule has 1 amide bonds. The Kier molecular flexibility index (Phi) is 2.72. The summed E-state index contributed by atoms with van der Waals surface area (Å²) in [4.78, 5) is 13.6. The number of likely N-dealkylation sites (tertiary alicyclic amines) is 1. The Morgan fingerprint density at radius 2 is 2.53 bits per heavy atom. The van der Waals surface area contributed by atoms with Gasteiger partial charge >= 0.3 is 0 Å². The number of furan rings is 1. The first-order valence-electron chi connectivity index (χ1n) is 5.02. The molecule has 1 saturated heterocycles. The van der Waals surface area contributed by atoms with Crippen LogP contribution in [0.15, 0.2) is 23.0 Å². The minimum Gasteiger partial charge on any atom is -0.472 e. The Hall–Kier alpha value is -1.76. The monoisotopic (exact) mass is 204 g/mol. The summed E-state index contributed by atoms with van der Waals surface area (Å²) >= 11 is 0. The van der Waals surface area contributed by atoms with Crippen molar-refractivity contribution < 1.29 is 9.21 Å². The van der Waals surface area contributed by atoms with Crippen LogP contribution >= 0.6 is 0 Å². The van der Waals surface area contributed by atoms with Gasteiger partial charge in [-0.2, -0.15) is 5.26 Å². The summed E-state index contributed by atoms with van der Waals surface area (Å²) in [5.74, 6) is -0.0571. The van der Waals surface area contributed by atoms with Crippen LogP contribution < -0.4 is 0 Å². The summed E-state index contributed by atoms with van der Waals surface area (Å²) < 4.78 is 4.87. The molecule has 1 aromatic rings. The van der Waals surface area contributed by atoms with Crippen LogP contribution in [0.3, 0.4) is 0 Å². The zero-order valence-corrected chi connectivity index (χ0v) is 8.35. The standard InChI is InChI=1S/C11H12N2O2/c12-6-9-2-1-4-13(7-9)11(14)10-3-5-15-8-10/h3,5,8-9H,1-2,4,7H2. The molecule has 2 heterocycles. The van der Waals surface area contributed by atoms with Gasteiger partial charge in [0.05, 0.1) is 23.8 Å². The number of hydrogen-bond acceptors (Lipinski definition) is 3. The maximum absolute atomic E-state index is 11.9. The molecule has 1 unspecified atom stereocenters. The third-order valence-corrected chi connectivity index (χ3v) is 2.66. The molecule has 1 atom stereocenters. The van der Waals surface area contributed by atoms with Gasteiger partial charge in [-0.3, -0.25) is 4.79 Å². The highest BCUT2D eigenvalue weighted by Crippen LogP contribution is 2.17.